The zero-order chi connectivity index (χ0) is 14.2. The Hall–Kier alpha value is -1.07. The van der Waals surface area contributed by atoms with Crippen molar-refractivity contribution in [2.24, 2.45) is 0 Å². The average molecular weight is 327 g/mol. The molecule has 4 nitrogen and oxygen atoms in total. The molecule has 1 saturated heterocycles. The van der Waals surface area contributed by atoms with Crippen LogP contribution in [-0.4, -0.2) is 47.7 Å². The van der Waals surface area contributed by atoms with E-state index in [4.69, 9.17) is 0 Å². The molecule has 0 saturated carbocycles. The van der Waals surface area contributed by atoms with Crippen LogP contribution in [-0.2, 0) is 4.79 Å². The van der Waals surface area contributed by atoms with Crippen LogP contribution in [0.5, 0.6) is 0 Å². The number of hydrogen-bond acceptors (Lipinski definition) is 3. The number of amides is 1. The third kappa shape index (κ3) is 2.62. The van der Waals surface area contributed by atoms with Crippen molar-refractivity contribution in [1.82, 2.24) is 4.90 Å². The molecule has 5 heteroatoms. The minimum atomic E-state index is -0.525. The molecule has 1 fully saturated rings. The molecule has 19 heavy (non-hydrogen) atoms. The van der Waals surface area contributed by atoms with Crippen molar-refractivity contribution in [1.29, 1.82) is 0 Å². The molecule has 0 aliphatic carbocycles. The molecule has 1 unspecified atom stereocenters. The van der Waals surface area contributed by atoms with Gasteiger partial charge < -0.3 is 14.9 Å². The lowest BCUT2D eigenvalue weighted by atomic mass is 9.93. The maximum Gasteiger partial charge on any atom is 0.247 e. The zero-order valence-electron chi connectivity index (χ0n) is 11.4. The molecule has 2 rings (SSSR count). The normalized spacial score (nSPS) is 22.8. The summed E-state index contributed by atoms with van der Waals surface area (Å²) < 4.78 is 0.962. The Morgan fingerprint density at radius 2 is 2.16 bits per heavy atom. The molecule has 0 bridgehead atoms. The van der Waals surface area contributed by atoms with E-state index in [1.165, 1.54) is 0 Å². The van der Waals surface area contributed by atoms with E-state index in [0.717, 1.165) is 10.2 Å². The molecule has 1 aromatic rings. The maximum atomic E-state index is 12.2. The SMILES string of the molecule is CN1CC(C)(C)N(c2cccc(Br)c2)C(CO)C1=O. The van der Waals surface area contributed by atoms with Gasteiger partial charge in [0.05, 0.1) is 12.1 Å². The summed E-state index contributed by atoms with van der Waals surface area (Å²) in [5.41, 5.74) is 0.719. The van der Waals surface area contributed by atoms with Gasteiger partial charge in [0.2, 0.25) is 5.91 Å². The van der Waals surface area contributed by atoms with Crippen molar-refractivity contribution in [3.63, 3.8) is 0 Å². The summed E-state index contributed by atoms with van der Waals surface area (Å²) in [6.07, 6.45) is 0. The quantitative estimate of drug-likeness (QED) is 0.902. The fourth-order valence-electron chi connectivity index (χ4n) is 2.84. The third-order valence-corrected chi connectivity index (χ3v) is 4.00. The Morgan fingerprint density at radius 3 is 2.74 bits per heavy atom. The Labute approximate surface area is 122 Å². The number of rotatable bonds is 2. The minimum absolute atomic E-state index is 0.0400. The first-order valence-corrected chi connectivity index (χ1v) is 7.07. The van der Waals surface area contributed by atoms with E-state index in [-0.39, 0.29) is 18.1 Å². The number of hydrogen-bond donors (Lipinski definition) is 1. The van der Waals surface area contributed by atoms with Crippen molar-refractivity contribution in [2.75, 3.05) is 25.1 Å². The standard InChI is InChI=1S/C14H19BrN2O2/c1-14(2)9-16(3)13(19)12(8-18)17(14)11-6-4-5-10(15)7-11/h4-7,12,18H,8-9H2,1-3H3. The topological polar surface area (TPSA) is 43.8 Å². The van der Waals surface area contributed by atoms with Crippen molar-refractivity contribution < 1.29 is 9.90 Å². The molecule has 1 aliphatic heterocycles. The van der Waals surface area contributed by atoms with Gasteiger partial charge in [-0.15, -0.1) is 0 Å². The monoisotopic (exact) mass is 326 g/mol. The molecule has 0 aromatic heterocycles. The van der Waals surface area contributed by atoms with Crippen LogP contribution in [0.25, 0.3) is 0 Å². The lowest BCUT2D eigenvalue weighted by Gasteiger charge is -2.51. The third-order valence-electron chi connectivity index (χ3n) is 3.51. The summed E-state index contributed by atoms with van der Waals surface area (Å²) in [5, 5.41) is 9.61. The molecular weight excluding hydrogens is 308 g/mol. The smallest absolute Gasteiger partial charge is 0.247 e. The molecule has 0 radical (unpaired) electrons. The fraction of sp³-hybridized carbons (Fsp3) is 0.500. The van der Waals surface area contributed by atoms with Gasteiger partial charge in [-0.25, -0.2) is 0 Å². The van der Waals surface area contributed by atoms with E-state index in [1.54, 1.807) is 11.9 Å². The fourth-order valence-corrected chi connectivity index (χ4v) is 3.22. The molecule has 104 valence electrons. The predicted octanol–water partition coefficient (Wildman–Crippen LogP) is 1.87. The number of aliphatic hydroxyl groups excluding tert-OH is 1. The number of halogens is 1. The first-order valence-electron chi connectivity index (χ1n) is 6.27. The first kappa shape index (κ1) is 14.3. The highest BCUT2D eigenvalue weighted by molar-refractivity contribution is 9.10. The number of anilines is 1. The molecule has 1 atom stereocenters. The van der Waals surface area contributed by atoms with Crippen molar-refractivity contribution in [3.05, 3.63) is 28.7 Å². The van der Waals surface area contributed by atoms with E-state index in [1.807, 2.05) is 29.2 Å². The summed E-state index contributed by atoms with van der Waals surface area (Å²) >= 11 is 3.45. The highest BCUT2D eigenvalue weighted by Crippen LogP contribution is 2.32. The largest absolute Gasteiger partial charge is 0.394 e. The number of nitrogens with zero attached hydrogens (tertiary/aromatic N) is 2. The van der Waals surface area contributed by atoms with Crippen LogP contribution in [0.3, 0.4) is 0 Å². The number of likely N-dealkylation sites (N-methyl/N-ethyl adjacent to an activating group) is 1. The highest BCUT2D eigenvalue weighted by Gasteiger charge is 2.43. The van der Waals surface area contributed by atoms with Gasteiger partial charge in [0, 0.05) is 23.8 Å². The van der Waals surface area contributed by atoms with Gasteiger partial charge in [-0.05, 0) is 32.0 Å². The van der Waals surface area contributed by atoms with Gasteiger partial charge in [-0.1, -0.05) is 22.0 Å². The molecule has 0 spiro atoms. The molecule has 1 amide bonds. The van der Waals surface area contributed by atoms with E-state index >= 15 is 0 Å². The van der Waals surface area contributed by atoms with E-state index in [0.29, 0.717) is 6.54 Å². The van der Waals surface area contributed by atoms with Gasteiger partial charge in [0.15, 0.2) is 0 Å². The minimum Gasteiger partial charge on any atom is -0.394 e. The van der Waals surface area contributed by atoms with E-state index in [9.17, 15) is 9.90 Å². The molecule has 1 N–H and O–H groups in total. The van der Waals surface area contributed by atoms with E-state index in [2.05, 4.69) is 29.8 Å². The van der Waals surface area contributed by atoms with Gasteiger partial charge in [-0.2, -0.15) is 0 Å². The lowest BCUT2D eigenvalue weighted by molar-refractivity contribution is -0.136. The second-order valence-electron chi connectivity index (χ2n) is 5.55. The number of carbonyl (C=O) groups excluding carboxylic acids is 1. The maximum absolute atomic E-state index is 12.2. The van der Waals surface area contributed by atoms with Crippen LogP contribution in [0, 0.1) is 0 Å². The number of piperazine rings is 1. The highest BCUT2D eigenvalue weighted by atomic mass is 79.9. The van der Waals surface area contributed by atoms with Crippen molar-refractivity contribution in [2.45, 2.75) is 25.4 Å². The lowest BCUT2D eigenvalue weighted by Crippen LogP contribution is -2.67. The Bertz CT molecular complexity index is 490. The molecule has 1 aromatic carbocycles. The Balaban J connectivity index is 2.47. The zero-order valence-corrected chi connectivity index (χ0v) is 13.0. The second-order valence-corrected chi connectivity index (χ2v) is 6.47. The molecule has 1 heterocycles. The van der Waals surface area contributed by atoms with Crippen LogP contribution in [0.4, 0.5) is 5.69 Å². The van der Waals surface area contributed by atoms with Crippen molar-refractivity contribution in [3.8, 4) is 0 Å². The van der Waals surface area contributed by atoms with Crippen LogP contribution in [0.2, 0.25) is 0 Å². The summed E-state index contributed by atoms with van der Waals surface area (Å²) in [6.45, 7) is 4.62. The van der Waals surface area contributed by atoms with Crippen LogP contribution in [0.1, 0.15) is 13.8 Å². The number of benzene rings is 1. The van der Waals surface area contributed by atoms with Gasteiger partial charge in [0.25, 0.3) is 0 Å². The first-order chi connectivity index (χ1) is 8.86. The van der Waals surface area contributed by atoms with Crippen molar-refractivity contribution >= 4 is 27.5 Å². The van der Waals surface area contributed by atoms with E-state index < -0.39 is 6.04 Å². The van der Waals surface area contributed by atoms with Crippen LogP contribution in [0.15, 0.2) is 28.7 Å². The summed E-state index contributed by atoms with van der Waals surface area (Å²) in [4.78, 5) is 15.9. The summed E-state index contributed by atoms with van der Waals surface area (Å²) in [5.74, 6) is -0.0400. The molecule has 1 aliphatic rings. The predicted molar refractivity (Wildman–Crippen MR) is 79.2 cm³/mol. The Morgan fingerprint density at radius 1 is 1.47 bits per heavy atom. The van der Waals surface area contributed by atoms with Gasteiger partial charge in [-0.3, -0.25) is 4.79 Å². The second kappa shape index (κ2) is 5.13. The summed E-state index contributed by atoms with van der Waals surface area (Å²) in [7, 11) is 1.78. The Kier molecular flexibility index (Phi) is 3.87. The number of carbonyl (C=O) groups is 1. The summed E-state index contributed by atoms with van der Waals surface area (Å²) in [6, 6.07) is 7.30. The number of aliphatic hydroxyl groups is 1. The molecular formula is C14H19BrN2O2. The van der Waals surface area contributed by atoms with Gasteiger partial charge in [0.1, 0.15) is 6.04 Å². The van der Waals surface area contributed by atoms with Gasteiger partial charge >= 0.3 is 0 Å². The average Bonchev–Trinajstić information content (AvgIpc) is 2.32. The van der Waals surface area contributed by atoms with Crippen LogP contribution >= 0.6 is 15.9 Å². The van der Waals surface area contributed by atoms with Crippen LogP contribution < -0.4 is 4.90 Å².